The van der Waals surface area contributed by atoms with Gasteiger partial charge in [0.15, 0.2) is 5.65 Å². The Bertz CT molecular complexity index is 1230. The minimum absolute atomic E-state index is 0.277. The fourth-order valence-electron chi connectivity index (χ4n) is 2.77. The Balaban J connectivity index is 1.65. The number of carbonyl (C=O) groups is 1. The highest BCUT2D eigenvalue weighted by Gasteiger charge is 2.14. The normalized spacial score (nSPS) is 11.0. The Hall–Kier alpha value is -3.75. The average Bonchev–Trinajstić information content (AvgIpc) is 2.97. The van der Waals surface area contributed by atoms with Gasteiger partial charge >= 0.3 is 5.69 Å². The second kappa shape index (κ2) is 6.52. The maximum absolute atomic E-state index is 13.4. The molecular formula is C18H14FN5O3. The molecule has 4 aromatic rings. The van der Waals surface area contributed by atoms with E-state index in [1.807, 2.05) is 0 Å². The van der Waals surface area contributed by atoms with E-state index in [9.17, 15) is 14.0 Å². The molecule has 27 heavy (non-hydrogen) atoms. The van der Waals surface area contributed by atoms with Crippen LogP contribution in [0.3, 0.4) is 0 Å². The topological polar surface area (TPSA) is 90.5 Å². The second-order valence-electron chi connectivity index (χ2n) is 5.82. The molecule has 136 valence electrons. The zero-order valence-electron chi connectivity index (χ0n) is 14.2. The highest BCUT2D eigenvalue weighted by molar-refractivity contribution is 5.92. The number of fused-ring (bicyclic) bond motifs is 3. The number of nitrogens with one attached hydrogen (secondary N) is 1. The van der Waals surface area contributed by atoms with Crippen molar-refractivity contribution in [2.24, 2.45) is 0 Å². The van der Waals surface area contributed by atoms with Crippen LogP contribution in [0.1, 0.15) is 0 Å². The first kappa shape index (κ1) is 16.7. The minimum Gasteiger partial charge on any atom is -0.497 e. The predicted molar refractivity (Wildman–Crippen MR) is 96.3 cm³/mol. The highest BCUT2D eigenvalue weighted by atomic mass is 19.1. The van der Waals surface area contributed by atoms with Gasteiger partial charge in [0, 0.05) is 23.2 Å². The molecular weight excluding hydrogens is 353 g/mol. The number of rotatable bonds is 4. The van der Waals surface area contributed by atoms with Gasteiger partial charge in [-0.3, -0.25) is 4.79 Å². The Labute approximate surface area is 151 Å². The smallest absolute Gasteiger partial charge is 0.352 e. The van der Waals surface area contributed by atoms with Gasteiger partial charge in [-0.15, -0.1) is 5.10 Å². The summed E-state index contributed by atoms with van der Waals surface area (Å²) in [5.74, 6) is -0.252. The van der Waals surface area contributed by atoms with Crippen molar-refractivity contribution in [2.75, 3.05) is 12.4 Å². The van der Waals surface area contributed by atoms with Crippen LogP contribution in [0.25, 0.3) is 16.6 Å². The fourth-order valence-corrected chi connectivity index (χ4v) is 2.77. The molecule has 8 nitrogen and oxygen atoms in total. The average molecular weight is 367 g/mol. The van der Waals surface area contributed by atoms with E-state index < -0.39 is 17.4 Å². The number of aromatic nitrogens is 4. The number of carbonyl (C=O) groups excluding carboxylic acids is 1. The number of hydrogen-bond acceptors (Lipinski definition) is 5. The third kappa shape index (κ3) is 3.10. The van der Waals surface area contributed by atoms with Gasteiger partial charge in [-0.1, -0.05) is 6.07 Å². The van der Waals surface area contributed by atoms with Crippen molar-refractivity contribution in [1.82, 2.24) is 19.2 Å². The van der Waals surface area contributed by atoms with Gasteiger partial charge in [-0.25, -0.2) is 23.3 Å². The predicted octanol–water partition coefficient (Wildman–Crippen LogP) is 1.83. The Morgan fingerprint density at radius 2 is 2.11 bits per heavy atom. The molecule has 0 atom stereocenters. The van der Waals surface area contributed by atoms with Crippen LogP contribution in [-0.4, -0.2) is 32.2 Å². The lowest BCUT2D eigenvalue weighted by atomic mass is 10.2. The van der Waals surface area contributed by atoms with Crippen molar-refractivity contribution >= 4 is 28.1 Å². The third-order valence-electron chi connectivity index (χ3n) is 4.03. The standard InChI is InChI=1S/C18H14FN5O3/c1-27-13-4-2-3-12(8-13)21-16(25)9-24-18(26)23-10-20-15-7-11(19)5-6-14(15)17(23)22-24/h2-8,10H,9H2,1H3,(H,21,25). The van der Waals surface area contributed by atoms with Gasteiger partial charge in [0.1, 0.15) is 24.4 Å². The zero-order valence-corrected chi connectivity index (χ0v) is 14.2. The second-order valence-corrected chi connectivity index (χ2v) is 5.82. The number of amides is 1. The van der Waals surface area contributed by atoms with E-state index in [4.69, 9.17) is 4.74 Å². The summed E-state index contributed by atoms with van der Waals surface area (Å²) in [4.78, 5) is 28.8. The van der Waals surface area contributed by atoms with Crippen molar-refractivity contribution in [1.29, 1.82) is 0 Å². The van der Waals surface area contributed by atoms with Crippen molar-refractivity contribution in [3.63, 3.8) is 0 Å². The van der Waals surface area contributed by atoms with Gasteiger partial charge in [-0.2, -0.15) is 0 Å². The van der Waals surface area contributed by atoms with Crippen molar-refractivity contribution < 1.29 is 13.9 Å². The van der Waals surface area contributed by atoms with Crippen LogP contribution in [0.5, 0.6) is 5.75 Å². The van der Waals surface area contributed by atoms with E-state index in [1.54, 1.807) is 24.3 Å². The molecule has 1 amide bonds. The molecule has 2 aromatic heterocycles. The molecule has 0 saturated heterocycles. The molecule has 9 heteroatoms. The summed E-state index contributed by atoms with van der Waals surface area (Å²) in [5, 5.41) is 7.41. The largest absolute Gasteiger partial charge is 0.497 e. The van der Waals surface area contributed by atoms with Gasteiger partial charge < -0.3 is 10.1 Å². The van der Waals surface area contributed by atoms with E-state index >= 15 is 0 Å². The summed E-state index contributed by atoms with van der Waals surface area (Å²) in [6.07, 6.45) is 1.27. The number of benzene rings is 2. The lowest BCUT2D eigenvalue weighted by Gasteiger charge is -2.06. The molecule has 0 aliphatic carbocycles. The molecule has 2 heterocycles. The molecule has 0 fully saturated rings. The van der Waals surface area contributed by atoms with Crippen molar-refractivity contribution in [3.8, 4) is 5.75 Å². The van der Waals surface area contributed by atoms with Gasteiger partial charge in [0.05, 0.1) is 12.6 Å². The molecule has 0 spiro atoms. The van der Waals surface area contributed by atoms with E-state index in [1.165, 1.54) is 36.0 Å². The first-order valence-electron chi connectivity index (χ1n) is 8.02. The molecule has 2 aromatic carbocycles. The summed E-state index contributed by atoms with van der Waals surface area (Å²) in [6, 6.07) is 10.9. The van der Waals surface area contributed by atoms with Crippen molar-refractivity contribution in [3.05, 3.63) is 65.1 Å². The lowest BCUT2D eigenvalue weighted by Crippen LogP contribution is -2.28. The number of ether oxygens (including phenoxy) is 1. The van der Waals surface area contributed by atoms with Gasteiger partial charge in [-0.05, 0) is 24.3 Å². The molecule has 4 rings (SSSR count). The maximum atomic E-state index is 13.4. The van der Waals surface area contributed by atoms with E-state index in [-0.39, 0.29) is 6.54 Å². The van der Waals surface area contributed by atoms with Crippen LogP contribution < -0.4 is 15.7 Å². The van der Waals surface area contributed by atoms with Crippen LogP contribution in [0.4, 0.5) is 10.1 Å². The van der Waals surface area contributed by atoms with Gasteiger partial charge in [0.2, 0.25) is 5.91 Å². The minimum atomic E-state index is -0.510. The molecule has 0 radical (unpaired) electrons. The molecule has 0 aliphatic heterocycles. The first-order valence-corrected chi connectivity index (χ1v) is 8.02. The fraction of sp³-hybridized carbons (Fsp3) is 0.111. The molecule has 0 unspecified atom stereocenters. The van der Waals surface area contributed by atoms with Gasteiger partial charge in [0.25, 0.3) is 0 Å². The number of hydrogen-bond donors (Lipinski definition) is 1. The first-order chi connectivity index (χ1) is 13.0. The quantitative estimate of drug-likeness (QED) is 0.594. The zero-order chi connectivity index (χ0) is 19.0. The molecule has 0 saturated carbocycles. The number of anilines is 1. The van der Waals surface area contributed by atoms with Crippen LogP contribution in [0.2, 0.25) is 0 Å². The van der Waals surface area contributed by atoms with E-state index in [2.05, 4.69) is 15.4 Å². The number of halogens is 1. The molecule has 1 N–H and O–H groups in total. The molecule has 0 aliphatic rings. The SMILES string of the molecule is COc1cccc(NC(=O)Cn2nc3c4ccc(F)cc4ncn3c2=O)c1. The summed E-state index contributed by atoms with van der Waals surface area (Å²) >= 11 is 0. The van der Waals surface area contributed by atoms with Crippen molar-refractivity contribution in [2.45, 2.75) is 6.54 Å². The van der Waals surface area contributed by atoms with E-state index in [0.29, 0.717) is 28.0 Å². The van der Waals surface area contributed by atoms with Crippen LogP contribution >= 0.6 is 0 Å². The number of nitrogens with zero attached hydrogens (tertiary/aromatic N) is 4. The van der Waals surface area contributed by atoms with Crippen LogP contribution in [0, 0.1) is 5.82 Å². The Morgan fingerprint density at radius 3 is 2.93 bits per heavy atom. The van der Waals surface area contributed by atoms with Crippen LogP contribution in [0.15, 0.2) is 53.6 Å². The Kier molecular flexibility index (Phi) is 4.03. The maximum Gasteiger partial charge on any atom is 0.352 e. The van der Waals surface area contributed by atoms with E-state index in [0.717, 1.165) is 4.68 Å². The number of methoxy groups -OCH3 is 1. The highest BCUT2D eigenvalue weighted by Crippen LogP contribution is 2.17. The lowest BCUT2D eigenvalue weighted by molar-refractivity contribution is -0.117. The van der Waals surface area contributed by atoms with Crippen LogP contribution in [-0.2, 0) is 11.3 Å². The monoisotopic (exact) mass is 367 g/mol. The molecule has 0 bridgehead atoms. The Morgan fingerprint density at radius 1 is 1.26 bits per heavy atom. The third-order valence-corrected chi connectivity index (χ3v) is 4.03. The summed E-state index contributed by atoms with van der Waals surface area (Å²) in [7, 11) is 1.53. The summed E-state index contributed by atoms with van der Waals surface area (Å²) in [6.45, 7) is -0.277. The summed E-state index contributed by atoms with van der Waals surface area (Å²) < 4.78 is 20.7. The summed E-state index contributed by atoms with van der Waals surface area (Å²) in [5.41, 5.74) is 0.711.